The van der Waals surface area contributed by atoms with Crippen molar-refractivity contribution in [3.05, 3.63) is 40.8 Å². The maximum absolute atomic E-state index is 11.6. The van der Waals surface area contributed by atoms with E-state index in [2.05, 4.69) is 34.2 Å². The van der Waals surface area contributed by atoms with Crippen LogP contribution in [0.15, 0.2) is 35.3 Å². The molecule has 0 radical (unpaired) electrons. The minimum atomic E-state index is -0.603. The molecule has 4 rings (SSSR count). The average Bonchev–Trinajstić information content (AvgIpc) is 2.99. The number of nitrogens with one attached hydrogen (secondary N) is 1. The molecule has 0 aliphatic carbocycles. The Bertz CT molecular complexity index is 908. The molecule has 3 heterocycles. The highest BCUT2D eigenvalue weighted by Crippen LogP contribution is 2.39. The fourth-order valence-corrected chi connectivity index (χ4v) is 4.55. The lowest BCUT2D eigenvalue weighted by molar-refractivity contribution is -0.142. The number of aliphatic imine (C=N–C) groups is 1. The smallest absolute Gasteiger partial charge is 0.323 e. The van der Waals surface area contributed by atoms with Gasteiger partial charge in [0.2, 0.25) is 0 Å². The molecule has 7 nitrogen and oxygen atoms in total. The molecule has 0 amide bonds. The van der Waals surface area contributed by atoms with Gasteiger partial charge < -0.3 is 20.7 Å². The number of rotatable bonds is 3. The molecule has 1 fully saturated rings. The van der Waals surface area contributed by atoms with Gasteiger partial charge >= 0.3 is 5.97 Å². The van der Waals surface area contributed by atoms with E-state index in [9.17, 15) is 4.79 Å². The van der Waals surface area contributed by atoms with Gasteiger partial charge in [-0.1, -0.05) is 12.1 Å². The van der Waals surface area contributed by atoms with Gasteiger partial charge in [-0.3, -0.25) is 9.69 Å². The van der Waals surface area contributed by atoms with E-state index < -0.39 is 6.04 Å². The van der Waals surface area contributed by atoms with Crippen LogP contribution in [0, 0.1) is 6.92 Å². The summed E-state index contributed by atoms with van der Waals surface area (Å²) in [5, 5.41) is 4.68. The monoisotopic (exact) mass is 435 g/mol. The molecular formula is C20H26ClN5O2S. The Morgan fingerprint density at radius 1 is 1.31 bits per heavy atom. The van der Waals surface area contributed by atoms with Crippen LogP contribution in [0.3, 0.4) is 0 Å². The second-order valence-corrected chi connectivity index (χ2v) is 8.35. The summed E-state index contributed by atoms with van der Waals surface area (Å²) in [6.45, 7) is 5.97. The molecule has 2 aromatic rings. The van der Waals surface area contributed by atoms with Crippen LogP contribution in [0.1, 0.15) is 10.4 Å². The molecule has 1 atom stereocenters. The van der Waals surface area contributed by atoms with E-state index in [4.69, 9.17) is 15.5 Å². The molecule has 0 bridgehead atoms. The highest BCUT2D eigenvalue weighted by atomic mass is 35.5. The molecule has 0 saturated carbocycles. The number of thiophene rings is 1. The molecular weight excluding hydrogens is 410 g/mol. The van der Waals surface area contributed by atoms with E-state index in [0.717, 1.165) is 54.0 Å². The molecule has 2 aliphatic heterocycles. The van der Waals surface area contributed by atoms with Crippen LogP contribution in [-0.4, -0.2) is 67.5 Å². The molecule has 2 aliphatic rings. The predicted molar refractivity (Wildman–Crippen MR) is 120 cm³/mol. The summed E-state index contributed by atoms with van der Waals surface area (Å²) in [5.74, 6) is 0.644. The third-order valence-electron chi connectivity index (χ3n) is 5.11. The fraction of sp³-hybridized carbons (Fsp3) is 0.400. The number of hydrogen-bond donors (Lipinski definition) is 2. The van der Waals surface area contributed by atoms with Crippen LogP contribution in [0.5, 0.6) is 0 Å². The zero-order valence-corrected chi connectivity index (χ0v) is 18.2. The third-order valence-corrected chi connectivity index (χ3v) is 6.07. The molecule has 1 aromatic heterocycles. The largest absolute Gasteiger partial charge is 0.468 e. The Labute approximate surface area is 180 Å². The number of ether oxygens (including phenoxy) is 1. The van der Waals surface area contributed by atoms with Gasteiger partial charge in [0, 0.05) is 37.6 Å². The van der Waals surface area contributed by atoms with E-state index >= 15 is 0 Å². The molecule has 9 heteroatoms. The molecule has 156 valence electrons. The first-order valence-corrected chi connectivity index (χ1v) is 10.2. The van der Waals surface area contributed by atoms with Crippen LogP contribution in [0.2, 0.25) is 0 Å². The SMILES string of the molecule is COC(=O)C(N)CN1CCN(C2=Nc3ccccc3Nc3sc(C)cc32)CC1.Cl. The van der Waals surface area contributed by atoms with Gasteiger partial charge in [-0.2, -0.15) is 0 Å². The van der Waals surface area contributed by atoms with Crippen molar-refractivity contribution in [3.8, 4) is 0 Å². The summed E-state index contributed by atoms with van der Waals surface area (Å²) < 4.78 is 4.73. The summed E-state index contributed by atoms with van der Waals surface area (Å²) in [7, 11) is 1.37. The number of halogens is 1. The van der Waals surface area contributed by atoms with Crippen molar-refractivity contribution in [3.63, 3.8) is 0 Å². The van der Waals surface area contributed by atoms with Crippen molar-refractivity contribution in [2.45, 2.75) is 13.0 Å². The molecule has 1 aromatic carbocycles. The fourth-order valence-electron chi connectivity index (χ4n) is 3.63. The summed E-state index contributed by atoms with van der Waals surface area (Å²) in [5.41, 5.74) is 9.05. The Balaban J connectivity index is 0.00000240. The maximum atomic E-state index is 11.6. The van der Waals surface area contributed by atoms with Gasteiger partial charge in [-0.05, 0) is 25.1 Å². The number of nitrogens with zero attached hydrogens (tertiary/aromatic N) is 3. The highest BCUT2D eigenvalue weighted by Gasteiger charge is 2.27. The van der Waals surface area contributed by atoms with Crippen molar-refractivity contribution < 1.29 is 9.53 Å². The highest BCUT2D eigenvalue weighted by molar-refractivity contribution is 7.16. The van der Waals surface area contributed by atoms with Gasteiger partial charge in [0.05, 0.1) is 24.0 Å². The first-order valence-electron chi connectivity index (χ1n) is 9.41. The van der Waals surface area contributed by atoms with Crippen LogP contribution in [0.4, 0.5) is 16.4 Å². The van der Waals surface area contributed by atoms with E-state index in [-0.39, 0.29) is 18.4 Å². The normalized spacial score (nSPS) is 17.1. The number of hydrogen-bond acceptors (Lipinski definition) is 8. The van der Waals surface area contributed by atoms with E-state index in [1.54, 1.807) is 11.3 Å². The second-order valence-electron chi connectivity index (χ2n) is 7.09. The number of aryl methyl sites for hydroxylation is 1. The zero-order chi connectivity index (χ0) is 19.7. The summed E-state index contributed by atoms with van der Waals surface area (Å²) in [6.07, 6.45) is 0. The quantitative estimate of drug-likeness (QED) is 0.721. The molecule has 29 heavy (non-hydrogen) atoms. The van der Waals surface area contributed by atoms with Crippen molar-refractivity contribution >= 4 is 51.9 Å². The lowest BCUT2D eigenvalue weighted by Crippen LogP contribution is -2.53. The van der Waals surface area contributed by atoms with Gasteiger partial charge in [0.25, 0.3) is 0 Å². The summed E-state index contributed by atoms with van der Waals surface area (Å²) in [6, 6.07) is 9.74. The van der Waals surface area contributed by atoms with Gasteiger partial charge in [0.1, 0.15) is 16.9 Å². The Morgan fingerprint density at radius 3 is 2.76 bits per heavy atom. The Kier molecular flexibility index (Phi) is 6.79. The Morgan fingerprint density at radius 2 is 2.03 bits per heavy atom. The summed E-state index contributed by atoms with van der Waals surface area (Å²) >= 11 is 1.75. The van der Waals surface area contributed by atoms with Crippen LogP contribution < -0.4 is 11.1 Å². The number of carbonyl (C=O) groups excluding carboxylic acids is 1. The van der Waals surface area contributed by atoms with Crippen molar-refractivity contribution in [1.29, 1.82) is 0 Å². The van der Waals surface area contributed by atoms with Crippen molar-refractivity contribution in [2.24, 2.45) is 10.7 Å². The molecule has 3 N–H and O–H groups in total. The van der Waals surface area contributed by atoms with Crippen molar-refractivity contribution in [2.75, 3.05) is 45.2 Å². The van der Waals surface area contributed by atoms with Gasteiger partial charge in [0.15, 0.2) is 0 Å². The minimum absolute atomic E-state index is 0. The predicted octanol–water partition coefficient (Wildman–Crippen LogP) is 2.73. The zero-order valence-electron chi connectivity index (χ0n) is 16.6. The van der Waals surface area contributed by atoms with Crippen LogP contribution >= 0.6 is 23.7 Å². The molecule has 1 saturated heterocycles. The number of carbonyl (C=O) groups is 1. The number of para-hydroxylation sites is 2. The number of piperazine rings is 1. The number of anilines is 2. The second kappa shape index (κ2) is 9.13. The summed E-state index contributed by atoms with van der Waals surface area (Å²) in [4.78, 5) is 22.4. The topological polar surface area (TPSA) is 83.2 Å². The number of esters is 1. The minimum Gasteiger partial charge on any atom is -0.468 e. The average molecular weight is 436 g/mol. The van der Waals surface area contributed by atoms with Crippen molar-refractivity contribution in [1.82, 2.24) is 9.80 Å². The lowest BCUT2D eigenvalue weighted by Gasteiger charge is -2.37. The first kappa shape index (κ1) is 21.6. The standard InChI is InChI=1S/C20H25N5O2S.ClH/c1-13-11-14-18(22-16-5-3-4-6-17(16)23-19(14)28-13)25-9-7-24(8-10-25)12-15(21)20(26)27-2;/h3-6,11,15,23H,7-10,12,21H2,1-2H3;1H. The maximum Gasteiger partial charge on any atom is 0.323 e. The lowest BCUT2D eigenvalue weighted by atomic mass is 10.2. The number of amidine groups is 1. The van der Waals surface area contributed by atoms with Crippen LogP contribution in [-0.2, 0) is 9.53 Å². The third kappa shape index (κ3) is 4.56. The molecule has 1 unspecified atom stereocenters. The number of nitrogens with two attached hydrogens (primary N) is 1. The number of methoxy groups -OCH3 is 1. The van der Waals surface area contributed by atoms with Crippen LogP contribution in [0.25, 0.3) is 0 Å². The van der Waals surface area contributed by atoms with Gasteiger partial charge in [-0.25, -0.2) is 4.99 Å². The van der Waals surface area contributed by atoms with Gasteiger partial charge in [-0.15, -0.1) is 23.7 Å². The number of benzene rings is 1. The Hall–Kier alpha value is -2.13. The first-order chi connectivity index (χ1) is 13.5. The van der Waals surface area contributed by atoms with E-state index in [0.29, 0.717) is 6.54 Å². The number of fused-ring (bicyclic) bond motifs is 2. The van der Waals surface area contributed by atoms with E-state index in [1.807, 2.05) is 18.2 Å². The molecule has 0 spiro atoms. The van der Waals surface area contributed by atoms with E-state index in [1.165, 1.54) is 12.0 Å².